The van der Waals surface area contributed by atoms with E-state index in [1.54, 1.807) is 30.6 Å². The summed E-state index contributed by atoms with van der Waals surface area (Å²) in [5, 5.41) is 10.0. The average Bonchev–Trinajstić information content (AvgIpc) is 3.23. The van der Waals surface area contributed by atoms with Gasteiger partial charge in [-0.1, -0.05) is 6.07 Å². The molecule has 0 saturated carbocycles. The molecule has 1 atom stereocenters. The van der Waals surface area contributed by atoms with E-state index in [1.807, 2.05) is 12.1 Å². The molecule has 0 spiro atoms. The molecule has 0 radical (unpaired) electrons. The summed E-state index contributed by atoms with van der Waals surface area (Å²) in [6.07, 6.45) is 6.95. The summed E-state index contributed by atoms with van der Waals surface area (Å²) in [4.78, 5) is 23.3. The maximum Gasteiger partial charge on any atom is 0.274 e. The number of nitrogens with zero attached hydrogens (tertiary/aromatic N) is 3. The number of nitrogens with one attached hydrogen (secondary N) is 3. The number of pyridine rings is 2. The van der Waals surface area contributed by atoms with Gasteiger partial charge in [0.25, 0.3) is 5.91 Å². The molecule has 7 nitrogen and oxygen atoms in total. The Morgan fingerprint density at radius 2 is 1.96 bits per heavy atom. The minimum absolute atomic E-state index is 0.201. The molecule has 2 aromatic heterocycles. The number of carbonyl (C=O) groups excluding carboxylic acids is 1. The number of piperidine rings is 1. The number of hydrogen-bond donors (Lipinski definition) is 3. The average molecular weight is 380 g/mol. The summed E-state index contributed by atoms with van der Waals surface area (Å²) < 4.78 is 0. The lowest BCUT2D eigenvalue weighted by atomic mass is 9.98. The molecule has 0 aromatic carbocycles. The third-order valence-electron chi connectivity index (χ3n) is 5.57. The van der Waals surface area contributed by atoms with Gasteiger partial charge < -0.3 is 20.9 Å². The molecular weight excluding hydrogens is 352 g/mol. The first kappa shape index (κ1) is 18.8. The number of amides is 1. The summed E-state index contributed by atoms with van der Waals surface area (Å²) in [5.41, 5.74) is 1.15. The van der Waals surface area contributed by atoms with Gasteiger partial charge in [-0.15, -0.1) is 0 Å². The number of carbonyl (C=O) groups is 1. The largest absolute Gasteiger partial charge is 0.355 e. The van der Waals surface area contributed by atoms with E-state index in [0.717, 1.165) is 56.6 Å². The van der Waals surface area contributed by atoms with Crippen molar-refractivity contribution in [2.24, 2.45) is 5.92 Å². The highest BCUT2D eigenvalue weighted by Gasteiger charge is 2.25. The van der Waals surface area contributed by atoms with Crippen LogP contribution in [0.1, 0.15) is 29.8 Å². The number of aromatic nitrogens is 2. The molecule has 2 fully saturated rings. The summed E-state index contributed by atoms with van der Waals surface area (Å²) >= 11 is 0. The van der Waals surface area contributed by atoms with Crippen molar-refractivity contribution in [3.05, 3.63) is 48.4 Å². The highest BCUT2D eigenvalue weighted by Crippen LogP contribution is 2.20. The molecule has 0 aliphatic carbocycles. The molecule has 1 amide bonds. The highest BCUT2D eigenvalue weighted by atomic mass is 16.1. The lowest BCUT2D eigenvalue weighted by molar-refractivity contribution is 0.102. The lowest BCUT2D eigenvalue weighted by Gasteiger charge is -2.25. The first-order valence-electron chi connectivity index (χ1n) is 10.2. The van der Waals surface area contributed by atoms with Crippen LogP contribution in [-0.2, 0) is 0 Å². The zero-order chi connectivity index (χ0) is 19.2. The van der Waals surface area contributed by atoms with Gasteiger partial charge in [-0.25, -0.2) is 4.98 Å². The van der Waals surface area contributed by atoms with Gasteiger partial charge in [-0.05, 0) is 69.1 Å². The topological polar surface area (TPSA) is 82.2 Å². The van der Waals surface area contributed by atoms with Crippen LogP contribution in [0.25, 0.3) is 0 Å². The van der Waals surface area contributed by atoms with Gasteiger partial charge in [-0.3, -0.25) is 9.78 Å². The van der Waals surface area contributed by atoms with E-state index >= 15 is 0 Å². The summed E-state index contributed by atoms with van der Waals surface area (Å²) in [5.74, 6) is 1.45. The van der Waals surface area contributed by atoms with Gasteiger partial charge in [0.2, 0.25) is 0 Å². The Balaban J connectivity index is 1.32. The van der Waals surface area contributed by atoms with Gasteiger partial charge in [0, 0.05) is 37.2 Å². The van der Waals surface area contributed by atoms with Crippen molar-refractivity contribution in [1.29, 1.82) is 0 Å². The number of hydrogen-bond acceptors (Lipinski definition) is 6. The first-order chi connectivity index (χ1) is 13.8. The van der Waals surface area contributed by atoms with E-state index in [9.17, 15) is 4.79 Å². The van der Waals surface area contributed by atoms with E-state index in [-0.39, 0.29) is 5.91 Å². The molecule has 2 saturated heterocycles. The SMILES string of the molecule is O=C(Nc1ccncc1)c1cccc(N2CC[C@@H](NCC3CCNCC3)C2)n1. The van der Waals surface area contributed by atoms with E-state index in [4.69, 9.17) is 0 Å². The summed E-state index contributed by atoms with van der Waals surface area (Å²) in [6.45, 7) is 5.28. The molecule has 2 aromatic rings. The van der Waals surface area contributed by atoms with Crippen LogP contribution in [0.5, 0.6) is 0 Å². The Labute approximate surface area is 166 Å². The molecule has 28 heavy (non-hydrogen) atoms. The Hall–Kier alpha value is -2.51. The van der Waals surface area contributed by atoms with E-state index in [1.165, 1.54) is 12.8 Å². The third-order valence-corrected chi connectivity index (χ3v) is 5.57. The Morgan fingerprint density at radius 1 is 1.14 bits per heavy atom. The van der Waals surface area contributed by atoms with Crippen LogP contribution in [0.15, 0.2) is 42.7 Å². The third kappa shape index (κ3) is 4.85. The Kier molecular flexibility index (Phi) is 6.14. The molecule has 7 heteroatoms. The van der Waals surface area contributed by atoms with Crippen molar-refractivity contribution >= 4 is 17.4 Å². The fourth-order valence-electron chi connectivity index (χ4n) is 3.91. The van der Waals surface area contributed by atoms with Crippen molar-refractivity contribution < 1.29 is 4.79 Å². The first-order valence-corrected chi connectivity index (χ1v) is 10.2. The van der Waals surface area contributed by atoms with Crippen LogP contribution < -0.4 is 20.9 Å². The van der Waals surface area contributed by atoms with Crippen LogP contribution in [0.4, 0.5) is 11.5 Å². The number of rotatable bonds is 6. The van der Waals surface area contributed by atoms with Crippen molar-refractivity contribution in [3.8, 4) is 0 Å². The molecule has 4 heterocycles. The maximum atomic E-state index is 12.5. The molecule has 0 unspecified atom stereocenters. The molecule has 3 N–H and O–H groups in total. The molecule has 0 bridgehead atoms. The van der Waals surface area contributed by atoms with Crippen LogP contribution in [0.2, 0.25) is 0 Å². The fourth-order valence-corrected chi connectivity index (χ4v) is 3.91. The predicted molar refractivity (Wildman–Crippen MR) is 111 cm³/mol. The van der Waals surface area contributed by atoms with Crippen LogP contribution in [-0.4, -0.2) is 54.6 Å². The maximum absolute atomic E-state index is 12.5. The number of anilines is 2. The lowest BCUT2D eigenvalue weighted by Crippen LogP contribution is -2.39. The van der Waals surface area contributed by atoms with Crippen molar-refractivity contribution in [1.82, 2.24) is 20.6 Å². The smallest absolute Gasteiger partial charge is 0.274 e. The standard InChI is InChI=1S/C21H28N6O/c28-21(25-17-6-11-23-12-7-17)19-2-1-3-20(26-19)27-13-8-18(15-27)24-14-16-4-9-22-10-5-16/h1-3,6-7,11-12,16,18,22,24H,4-5,8-10,13-15H2,(H,23,25,28)/t18-/m1/s1. The van der Waals surface area contributed by atoms with Gasteiger partial charge >= 0.3 is 0 Å². The zero-order valence-electron chi connectivity index (χ0n) is 16.1. The Bertz CT molecular complexity index is 777. The summed E-state index contributed by atoms with van der Waals surface area (Å²) in [7, 11) is 0. The van der Waals surface area contributed by atoms with Gasteiger partial charge in [0.05, 0.1) is 0 Å². The molecule has 2 aliphatic heterocycles. The second-order valence-electron chi connectivity index (χ2n) is 7.60. The fraction of sp³-hybridized carbons (Fsp3) is 0.476. The quantitative estimate of drug-likeness (QED) is 0.710. The van der Waals surface area contributed by atoms with Gasteiger partial charge in [0.15, 0.2) is 0 Å². The van der Waals surface area contributed by atoms with Gasteiger partial charge in [0.1, 0.15) is 11.5 Å². The Morgan fingerprint density at radius 3 is 2.79 bits per heavy atom. The molecule has 2 aliphatic rings. The highest BCUT2D eigenvalue weighted by molar-refractivity contribution is 6.03. The minimum Gasteiger partial charge on any atom is -0.355 e. The van der Waals surface area contributed by atoms with Crippen LogP contribution in [0.3, 0.4) is 0 Å². The van der Waals surface area contributed by atoms with Crippen molar-refractivity contribution in [3.63, 3.8) is 0 Å². The second kappa shape index (κ2) is 9.12. The van der Waals surface area contributed by atoms with Crippen molar-refractivity contribution in [2.75, 3.05) is 42.9 Å². The minimum atomic E-state index is -0.201. The van der Waals surface area contributed by atoms with Crippen LogP contribution in [0, 0.1) is 5.92 Å². The zero-order valence-corrected chi connectivity index (χ0v) is 16.1. The molecule has 4 rings (SSSR count). The second-order valence-corrected chi connectivity index (χ2v) is 7.60. The normalized spacial score (nSPS) is 20.3. The molecular formula is C21H28N6O. The van der Waals surface area contributed by atoms with Crippen molar-refractivity contribution in [2.45, 2.75) is 25.3 Å². The summed E-state index contributed by atoms with van der Waals surface area (Å²) in [6, 6.07) is 9.66. The molecule has 148 valence electrons. The van der Waals surface area contributed by atoms with E-state index < -0.39 is 0 Å². The van der Waals surface area contributed by atoms with Crippen LogP contribution >= 0.6 is 0 Å². The van der Waals surface area contributed by atoms with E-state index in [2.05, 4.69) is 30.8 Å². The van der Waals surface area contributed by atoms with E-state index in [0.29, 0.717) is 11.7 Å². The predicted octanol–water partition coefficient (Wildman–Crippen LogP) is 1.90. The van der Waals surface area contributed by atoms with Gasteiger partial charge in [-0.2, -0.15) is 0 Å². The monoisotopic (exact) mass is 380 g/mol.